The average molecular weight is 167 g/mol. The topological polar surface area (TPSA) is 12.0 Å². The van der Waals surface area contributed by atoms with Crippen LogP contribution in [0.25, 0.3) is 0 Å². The minimum Gasteiger partial charge on any atom is -0.311 e. The van der Waals surface area contributed by atoms with Gasteiger partial charge in [-0.3, -0.25) is 0 Å². The van der Waals surface area contributed by atoms with Gasteiger partial charge in [0.1, 0.15) is 0 Å². The third-order valence-corrected chi connectivity index (χ3v) is 2.41. The smallest absolute Gasteiger partial charge is 0.0249 e. The van der Waals surface area contributed by atoms with Gasteiger partial charge in [0.25, 0.3) is 0 Å². The maximum absolute atomic E-state index is 3.55. The Hall–Kier alpha value is -0.300. The Morgan fingerprint density at radius 1 is 1.33 bits per heavy atom. The van der Waals surface area contributed by atoms with Gasteiger partial charge < -0.3 is 5.32 Å². The van der Waals surface area contributed by atoms with Crippen LogP contribution in [0.1, 0.15) is 45.4 Å². The van der Waals surface area contributed by atoms with Crippen LogP contribution in [0.4, 0.5) is 0 Å². The lowest BCUT2D eigenvalue weighted by atomic mass is 10.0. The minimum absolute atomic E-state index is 0.658. The van der Waals surface area contributed by atoms with Crippen molar-refractivity contribution in [3.05, 3.63) is 12.2 Å². The maximum Gasteiger partial charge on any atom is 0.0249 e. The van der Waals surface area contributed by atoms with Crippen LogP contribution in [0.15, 0.2) is 12.2 Å². The third kappa shape index (κ3) is 3.91. The Kier molecular flexibility index (Phi) is 5.09. The van der Waals surface area contributed by atoms with Gasteiger partial charge in [-0.05, 0) is 32.2 Å². The van der Waals surface area contributed by atoms with Gasteiger partial charge in [-0.25, -0.2) is 0 Å². The van der Waals surface area contributed by atoms with E-state index in [2.05, 4.69) is 24.4 Å². The van der Waals surface area contributed by atoms with Gasteiger partial charge in [-0.15, -0.1) is 0 Å². The van der Waals surface area contributed by atoms with Crippen LogP contribution >= 0.6 is 0 Å². The van der Waals surface area contributed by atoms with E-state index in [0.29, 0.717) is 6.04 Å². The largest absolute Gasteiger partial charge is 0.311 e. The fraction of sp³-hybridized carbons (Fsp3) is 0.818. The summed E-state index contributed by atoms with van der Waals surface area (Å²) in [5.41, 5.74) is 0. The quantitative estimate of drug-likeness (QED) is 0.637. The lowest BCUT2D eigenvalue weighted by Crippen LogP contribution is -2.28. The molecule has 0 aromatic heterocycles. The second kappa shape index (κ2) is 6.24. The molecule has 0 radical (unpaired) electrons. The highest BCUT2D eigenvalue weighted by molar-refractivity contribution is 4.94. The summed E-state index contributed by atoms with van der Waals surface area (Å²) in [6, 6.07) is 0.658. The van der Waals surface area contributed by atoms with Crippen LogP contribution < -0.4 is 5.32 Å². The van der Waals surface area contributed by atoms with E-state index in [9.17, 15) is 0 Å². The van der Waals surface area contributed by atoms with Crippen LogP contribution in [0, 0.1) is 0 Å². The molecular weight excluding hydrogens is 146 g/mol. The van der Waals surface area contributed by atoms with Gasteiger partial charge in [0, 0.05) is 6.04 Å². The third-order valence-electron chi connectivity index (χ3n) is 2.41. The van der Waals surface area contributed by atoms with Crippen LogP contribution in [0.5, 0.6) is 0 Å². The second-order valence-electron chi connectivity index (χ2n) is 3.63. The minimum atomic E-state index is 0.658. The van der Waals surface area contributed by atoms with E-state index >= 15 is 0 Å². The first-order chi connectivity index (χ1) is 5.93. The fourth-order valence-electron chi connectivity index (χ4n) is 1.66. The van der Waals surface area contributed by atoms with Crippen molar-refractivity contribution < 1.29 is 0 Å². The Morgan fingerprint density at radius 2 is 2.25 bits per heavy atom. The molecule has 0 spiro atoms. The Balaban J connectivity index is 2.23. The van der Waals surface area contributed by atoms with E-state index in [1.165, 1.54) is 38.5 Å². The molecule has 12 heavy (non-hydrogen) atoms. The molecule has 70 valence electrons. The molecule has 0 bridgehead atoms. The molecule has 1 atom stereocenters. The van der Waals surface area contributed by atoms with Crippen molar-refractivity contribution in [2.24, 2.45) is 0 Å². The predicted molar refractivity (Wildman–Crippen MR) is 54.3 cm³/mol. The molecule has 1 N–H and O–H groups in total. The van der Waals surface area contributed by atoms with Gasteiger partial charge in [-0.2, -0.15) is 0 Å². The molecular formula is C11H21N. The lowest BCUT2D eigenvalue weighted by Gasteiger charge is -2.16. The van der Waals surface area contributed by atoms with Crippen molar-refractivity contribution in [3.8, 4) is 0 Å². The van der Waals surface area contributed by atoms with Gasteiger partial charge in [0.05, 0.1) is 0 Å². The zero-order chi connectivity index (χ0) is 8.65. The lowest BCUT2D eigenvalue weighted by molar-refractivity contribution is 0.508. The van der Waals surface area contributed by atoms with Crippen molar-refractivity contribution >= 4 is 0 Å². The fourth-order valence-corrected chi connectivity index (χ4v) is 1.66. The highest BCUT2D eigenvalue weighted by Gasteiger charge is 2.04. The summed E-state index contributed by atoms with van der Waals surface area (Å²) < 4.78 is 0. The summed E-state index contributed by atoms with van der Waals surface area (Å²) in [5.74, 6) is 0. The van der Waals surface area contributed by atoms with Crippen molar-refractivity contribution in [1.29, 1.82) is 0 Å². The van der Waals surface area contributed by atoms with Crippen LogP contribution in [0.3, 0.4) is 0 Å². The summed E-state index contributed by atoms with van der Waals surface area (Å²) >= 11 is 0. The SMILES string of the molecule is CCCNC1C=CCCCCC1. The standard InChI is InChI=1S/C11H21N/c1-2-10-12-11-8-6-4-3-5-7-9-11/h6,8,11-12H,2-5,7,9-10H2,1H3. The molecule has 0 aliphatic heterocycles. The van der Waals surface area contributed by atoms with Crippen molar-refractivity contribution in [3.63, 3.8) is 0 Å². The van der Waals surface area contributed by atoms with E-state index in [1.807, 2.05) is 0 Å². The Morgan fingerprint density at radius 3 is 3.08 bits per heavy atom. The van der Waals surface area contributed by atoms with Crippen LogP contribution in [-0.4, -0.2) is 12.6 Å². The molecule has 1 rings (SSSR count). The maximum atomic E-state index is 3.55. The average Bonchev–Trinajstić information content (AvgIpc) is 2.02. The summed E-state index contributed by atoms with van der Waals surface area (Å²) in [6.07, 6.45) is 12.7. The molecule has 0 aromatic rings. The second-order valence-corrected chi connectivity index (χ2v) is 3.63. The molecule has 0 fully saturated rings. The molecule has 1 aliphatic rings. The number of hydrogen-bond donors (Lipinski definition) is 1. The number of allylic oxidation sites excluding steroid dienone is 1. The molecule has 0 amide bonds. The van der Waals surface area contributed by atoms with Crippen LogP contribution in [-0.2, 0) is 0 Å². The summed E-state index contributed by atoms with van der Waals surface area (Å²) in [6.45, 7) is 3.38. The Labute approximate surface area is 76.2 Å². The van der Waals surface area contributed by atoms with Gasteiger partial charge in [-0.1, -0.05) is 31.9 Å². The first-order valence-corrected chi connectivity index (χ1v) is 5.33. The predicted octanol–water partition coefficient (Wildman–Crippen LogP) is 2.87. The molecule has 1 nitrogen and oxygen atoms in total. The molecule has 1 unspecified atom stereocenters. The first kappa shape index (κ1) is 9.79. The molecule has 0 heterocycles. The van der Waals surface area contributed by atoms with E-state index in [0.717, 1.165) is 6.54 Å². The molecule has 0 saturated carbocycles. The van der Waals surface area contributed by atoms with Gasteiger partial charge in [0.15, 0.2) is 0 Å². The molecule has 1 heteroatoms. The highest BCUT2D eigenvalue weighted by Crippen LogP contribution is 2.11. The van der Waals surface area contributed by atoms with Gasteiger partial charge >= 0.3 is 0 Å². The van der Waals surface area contributed by atoms with E-state index in [4.69, 9.17) is 0 Å². The summed E-state index contributed by atoms with van der Waals surface area (Å²) in [5, 5.41) is 3.55. The highest BCUT2D eigenvalue weighted by atomic mass is 14.9. The summed E-state index contributed by atoms with van der Waals surface area (Å²) in [7, 11) is 0. The summed E-state index contributed by atoms with van der Waals surface area (Å²) in [4.78, 5) is 0. The molecule has 1 aliphatic carbocycles. The van der Waals surface area contributed by atoms with Crippen LogP contribution in [0.2, 0.25) is 0 Å². The van der Waals surface area contributed by atoms with E-state index < -0.39 is 0 Å². The number of rotatable bonds is 3. The van der Waals surface area contributed by atoms with Crippen molar-refractivity contribution in [1.82, 2.24) is 5.32 Å². The van der Waals surface area contributed by atoms with Crippen molar-refractivity contribution in [2.75, 3.05) is 6.54 Å². The Bertz CT molecular complexity index is 129. The van der Waals surface area contributed by atoms with E-state index in [-0.39, 0.29) is 0 Å². The first-order valence-electron chi connectivity index (χ1n) is 5.33. The molecule has 0 aromatic carbocycles. The number of hydrogen-bond acceptors (Lipinski definition) is 1. The monoisotopic (exact) mass is 167 g/mol. The van der Waals surface area contributed by atoms with Gasteiger partial charge in [0.2, 0.25) is 0 Å². The zero-order valence-corrected chi connectivity index (χ0v) is 8.18. The zero-order valence-electron chi connectivity index (χ0n) is 8.18. The van der Waals surface area contributed by atoms with E-state index in [1.54, 1.807) is 0 Å². The van der Waals surface area contributed by atoms with Crippen molar-refractivity contribution in [2.45, 2.75) is 51.5 Å². The molecule has 0 saturated heterocycles. The number of nitrogens with one attached hydrogen (secondary N) is 1. The normalized spacial score (nSPS) is 24.9.